The fraction of sp³-hybridized carbons (Fsp3) is 0.391. The summed E-state index contributed by atoms with van der Waals surface area (Å²) in [6.45, 7) is 1.45. The van der Waals surface area contributed by atoms with Crippen LogP contribution in [-0.4, -0.2) is 57.6 Å². The maximum atomic E-state index is 12.9. The lowest BCUT2D eigenvalue weighted by atomic mass is 9.95. The van der Waals surface area contributed by atoms with Gasteiger partial charge in [-0.3, -0.25) is 13.9 Å². The average Bonchev–Trinajstić information content (AvgIpc) is 3.18. The number of piperidine rings is 1. The number of hydrogen-bond acceptors (Lipinski definition) is 5. The van der Waals surface area contributed by atoms with Gasteiger partial charge in [0, 0.05) is 31.1 Å². The summed E-state index contributed by atoms with van der Waals surface area (Å²) in [5.41, 5.74) is 1.74. The van der Waals surface area contributed by atoms with Gasteiger partial charge in [-0.05, 0) is 55.7 Å². The molecule has 0 unspecified atom stereocenters. The Hall–Kier alpha value is -3.07. The highest BCUT2D eigenvalue weighted by atomic mass is 32.2. The number of likely N-dealkylation sites (tertiary alicyclic amines) is 1. The average molecular weight is 458 g/mol. The van der Waals surface area contributed by atoms with Crippen LogP contribution in [-0.2, 0) is 14.8 Å². The van der Waals surface area contributed by atoms with E-state index in [1.165, 1.54) is 4.31 Å². The van der Waals surface area contributed by atoms with Crippen LogP contribution < -0.4 is 14.4 Å². The van der Waals surface area contributed by atoms with E-state index in [1.807, 2.05) is 12.1 Å². The molecular weight excluding hydrogens is 430 g/mol. The van der Waals surface area contributed by atoms with E-state index in [9.17, 15) is 18.0 Å². The van der Waals surface area contributed by atoms with Crippen molar-refractivity contribution in [2.75, 3.05) is 42.1 Å². The highest BCUT2D eigenvalue weighted by Gasteiger charge is 2.30. The van der Waals surface area contributed by atoms with Crippen LogP contribution in [0.3, 0.4) is 0 Å². The number of methoxy groups -OCH3 is 1. The van der Waals surface area contributed by atoms with Gasteiger partial charge in [-0.2, -0.15) is 0 Å². The summed E-state index contributed by atoms with van der Waals surface area (Å²) in [7, 11) is -1.68. The van der Waals surface area contributed by atoms with Crippen molar-refractivity contribution in [1.29, 1.82) is 0 Å². The van der Waals surface area contributed by atoms with Crippen molar-refractivity contribution < 1.29 is 22.7 Å². The van der Waals surface area contributed by atoms with Gasteiger partial charge in [-0.1, -0.05) is 12.1 Å². The molecule has 8 nitrogen and oxygen atoms in total. The second-order valence-electron chi connectivity index (χ2n) is 8.04. The third-order valence-electron chi connectivity index (χ3n) is 6.02. The molecule has 2 aromatic rings. The van der Waals surface area contributed by atoms with Gasteiger partial charge >= 0.3 is 0 Å². The fourth-order valence-electron chi connectivity index (χ4n) is 4.21. The molecule has 0 bridgehead atoms. The Bertz CT molecular complexity index is 1090. The zero-order valence-electron chi connectivity index (χ0n) is 18.0. The molecule has 170 valence electrons. The molecule has 0 saturated carbocycles. The van der Waals surface area contributed by atoms with Crippen molar-refractivity contribution >= 4 is 33.2 Å². The van der Waals surface area contributed by atoms with Crippen molar-refractivity contribution in [2.45, 2.75) is 19.3 Å². The number of nitrogens with one attached hydrogen (secondary N) is 1. The Balaban J connectivity index is 1.34. The van der Waals surface area contributed by atoms with Crippen LogP contribution in [0.15, 0.2) is 48.5 Å². The van der Waals surface area contributed by atoms with Gasteiger partial charge in [0.2, 0.25) is 15.9 Å². The predicted octanol–water partition coefficient (Wildman–Crippen LogP) is 2.73. The molecule has 2 aliphatic heterocycles. The minimum Gasteiger partial charge on any atom is -0.495 e. The van der Waals surface area contributed by atoms with Crippen molar-refractivity contribution in [1.82, 2.24) is 4.90 Å². The molecule has 0 radical (unpaired) electrons. The number of hydrogen-bond donors (Lipinski definition) is 1. The first kappa shape index (κ1) is 22.1. The molecule has 32 heavy (non-hydrogen) atoms. The largest absolute Gasteiger partial charge is 0.495 e. The maximum Gasteiger partial charge on any atom is 0.253 e. The number of carbonyl (C=O) groups excluding carboxylic acids is 2. The Morgan fingerprint density at radius 3 is 2.31 bits per heavy atom. The number of sulfonamides is 1. The second kappa shape index (κ2) is 9.20. The molecule has 0 aliphatic carbocycles. The Kier molecular flexibility index (Phi) is 6.36. The minimum atomic E-state index is -3.24. The first-order valence-corrected chi connectivity index (χ1v) is 12.3. The van der Waals surface area contributed by atoms with Gasteiger partial charge in [0.25, 0.3) is 5.91 Å². The summed E-state index contributed by atoms with van der Waals surface area (Å²) in [4.78, 5) is 27.3. The SMILES string of the molecule is COc1ccccc1NC(=O)C1CCN(C(=O)c2ccc(N3CCCS3(=O)=O)cc2)CC1. The van der Waals surface area contributed by atoms with Crippen LogP contribution >= 0.6 is 0 Å². The lowest BCUT2D eigenvalue weighted by Crippen LogP contribution is -2.41. The number of anilines is 2. The van der Waals surface area contributed by atoms with E-state index in [0.717, 1.165) is 0 Å². The van der Waals surface area contributed by atoms with Crippen LogP contribution in [0.2, 0.25) is 0 Å². The molecule has 0 atom stereocenters. The maximum absolute atomic E-state index is 12.9. The van der Waals surface area contributed by atoms with Crippen molar-refractivity contribution in [3.8, 4) is 5.75 Å². The highest BCUT2D eigenvalue weighted by molar-refractivity contribution is 7.93. The Morgan fingerprint density at radius 2 is 1.69 bits per heavy atom. The fourth-order valence-corrected chi connectivity index (χ4v) is 5.77. The number of para-hydroxylation sites is 2. The van der Waals surface area contributed by atoms with Gasteiger partial charge in [0.05, 0.1) is 24.2 Å². The molecule has 0 aromatic heterocycles. The first-order valence-electron chi connectivity index (χ1n) is 10.7. The molecule has 2 saturated heterocycles. The van der Waals surface area contributed by atoms with E-state index in [1.54, 1.807) is 48.4 Å². The summed E-state index contributed by atoms with van der Waals surface area (Å²) in [6.07, 6.45) is 1.77. The summed E-state index contributed by atoms with van der Waals surface area (Å²) < 4.78 is 30.8. The quantitative estimate of drug-likeness (QED) is 0.745. The van der Waals surface area contributed by atoms with Crippen LogP contribution in [0.25, 0.3) is 0 Å². The smallest absolute Gasteiger partial charge is 0.253 e. The number of carbonyl (C=O) groups is 2. The van der Waals surface area contributed by atoms with Crippen molar-refractivity contribution in [3.63, 3.8) is 0 Å². The van der Waals surface area contributed by atoms with E-state index < -0.39 is 10.0 Å². The molecule has 2 fully saturated rings. The van der Waals surface area contributed by atoms with E-state index in [4.69, 9.17) is 4.74 Å². The third-order valence-corrected chi connectivity index (χ3v) is 7.89. The molecule has 0 spiro atoms. The monoisotopic (exact) mass is 457 g/mol. The van der Waals surface area contributed by atoms with Crippen molar-refractivity contribution in [3.05, 3.63) is 54.1 Å². The number of rotatable bonds is 5. The standard InChI is InChI=1S/C23H27N3O5S/c1-31-21-6-3-2-5-20(21)24-22(27)17-11-14-25(15-12-17)23(28)18-7-9-19(10-8-18)26-13-4-16-32(26,29)30/h2-3,5-10,17H,4,11-16H2,1H3,(H,24,27). The summed E-state index contributed by atoms with van der Waals surface area (Å²) in [5, 5.41) is 2.93. The Labute approximate surface area is 188 Å². The first-order chi connectivity index (χ1) is 15.4. The van der Waals surface area contributed by atoms with Gasteiger partial charge in [-0.15, -0.1) is 0 Å². The van der Waals surface area contributed by atoms with Gasteiger partial charge in [0.15, 0.2) is 0 Å². The molecule has 2 heterocycles. The zero-order valence-corrected chi connectivity index (χ0v) is 18.8. The van der Waals surface area contributed by atoms with Gasteiger partial charge < -0.3 is 15.0 Å². The highest BCUT2D eigenvalue weighted by Crippen LogP contribution is 2.27. The second-order valence-corrected chi connectivity index (χ2v) is 10.1. The minimum absolute atomic E-state index is 0.0715. The van der Waals surface area contributed by atoms with E-state index in [-0.39, 0.29) is 23.5 Å². The number of ether oxygens (including phenoxy) is 1. The molecule has 2 amide bonds. The van der Waals surface area contributed by atoms with Gasteiger partial charge in [0.1, 0.15) is 5.75 Å². The van der Waals surface area contributed by atoms with Crippen LogP contribution in [0, 0.1) is 5.92 Å². The molecule has 4 rings (SSSR count). The number of benzene rings is 2. The van der Waals surface area contributed by atoms with Crippen molar-refractivity contribution in [2.24, 2.45) is 5.92 Å². The Morgan fingerprint density at radius 1 is 1.00 bits per heavy atom. The van der Waals surface area contributed by atoms with E-state index >= 15 is 0 Å². The van der Waals surface area contributed by atoms with Crippen LogP contribution in [0.4, 0.5) is 11.4 Å². The normalized spacial score (nSPS) is 18.4. The van der Waals surface area contributed by atoms with E-state index in [0.29, 0.717) is 61.6 Å². The van der Waals surface area contributed by atoms with Crippen LogP contribution in [0.5, 0.6) is 5.75 Å². The van der Waals surface area contributed by atoms with Gasteiger partial charge in [-0.25, -0.2) is 8.42 Å². The molecular formula is C23H27N3O5S. The zero-order chi connectivity index (χ0) is 22.7. The molecule has 1 N–H and O–H groups in total. The lowest BCUT2D eigenvalue weighted by Gasteiger charge is -2.31. The summed E-state index contributed by atoms with van der Waals surface area (Å²) in [5.74, 6) is 0.417. The summed E-state index contributed by atoms with van der Waals surface area (Å²) >= 11 is 0. The lowest BCUT2D eigenvalue weighted by molar-refractivity contribution is -0.121. The van der Waals surface area contributed by atoms with Crippen LogP contribution in [0.1, 0.15) is 29.6 Å². The molecule has 9 heteroatoms. The molecule has 2 aliphatic rings. The number of nitrogens with zero attached hydrogens (tertiary/aromatic N) is 2. The summed E-state index contributed by atoms with van der Waals surface area (Å²) in [6, 6.07) is 14.0. The third kappa shape index (κ3) is 4.57. The molecule has 2 aromatic carbocycles. The number of amides is 2. The topological polar surface area (TPSA) is 96.0 Å². The van der Waals surface area contributed by atoms with E-state index in [2.05, 4.69) is 5.32 Å². The predicted molar refractivity (Wildman–Crippen MR) is 122 cm³/mol.